The summed E-state index contributed by atoms with van der Waals surface area (Å²) < 4.78 is 20.9. The average molecular weight is 500 g/mol. The van der Waals surface area contributed by atoms with Crippen LogP contribution < -0.4 is 16.0 Å². The molecule has 2 fully saturated rings. The second-order valence-corrected chi connectivity index (χ2v) is 10.5. The molecule has 2 aromatic rings. The number of likely N-dealkylation sites (tertiary alicyclic amines) is 1. The van der Waals surface area contributed by atoms with E-state index in [0.29, 0.717) is 43.3 Å². The SMILES string of the molecule is CC(C)(C)OC(=O)N1CCC[C@H](NC(=O)c2cn(-c3cccc(F)c3)cc2NC(=O)NCC2CC2)C1. The largest absolute Gasteiger partial charge is 0.444 e. The van der Waals surface area contributed by atoms with E-state index in [4.69, 9.17) is 4.74 Å². The van der Waals surface area contributed by atoms with E-state index in [1.807, 2.05) is 20.8 Å². The van der Waals surface area contributed by atoms with Crippen molar-refractivity contribution in [3.05, 3.63) is 48.0 Å². The van der Waals surface area contributed by atoms with E-state index < -0.39 is 29.4 Å². The third-order valence-corrected chi connectivity index (χ3v) is 6.08. The summed E-state index contributed by atoms with van der Waals surface area (Å²) in [6.07, 6.45) is 6.39. The third kappa shape index (κ3) is 6.99. The molecule has 1 aromatic heterocycles. The van der Waals surface area contributed by atoms with E-state index in [0.717, 1.165) is 19.3 Å². The first-order valence-electron chi connectivity index (χ1n) is 12.4. The van der Waals surface area contributed by atoms with Gasteiger partial charge in [-0.3, -0.25) is 4.79 Å². The molecule has 0 unspecified atom stereocenters. The number of hydrogen-bond donors (Lipinski definition) is 3. The van der Waals surface area contributed by atoms with Gasteiger partial charge >= 0.3 is 12.1 Å². The zero-order valence-electron chi connectivity index (χ0n) is 21.0. The first-order valence-corrected chi connectivity index (χ1v) is 12.4. The maximum atomic E-state index is 13.8. The molecule has 2 aliphatic rings. The Kier molecular flexibility index (Phi) is 7.51. The molecule has 0 bridgehead atoms. The van der Waals surface area contributed by atoms with E-state index in [-0.39, 0.29) is 11.6 Å². The fraction of sp³-hybridized carbons (Fsp3) is 0.500. The summed E-state index contributed by atoms with van der Waals surface area (Å²) in [7, 11) is 0. The molecule has 4 rings (SSSR count). The molecule has 4 amide bonds. The number of carbonyl (C=O) groups excluding carboxylic acids is 3. The number of benzene rings is 1. The molecule has 1 atom stereocenters. The minimum Gasteiger partial charge on any atom is -0.444 e. The maximum Gasteiger partial charge on any atom is 0.410 e. The molecule has 2 heterocycles. The molecular formula is C26H34FN5O4. The molecule has 0 radical (unpaired) electrons. The van der Waals surface area contributed by atoms with Crippen LogP contribution in [0.2, 0.25) is 0 Å². The van der Waals surface area contributed by atoms with Crippen molar-refractivity contribution in [1.82, 2.24) is 20.1 Å². The summed E-state index contributed by atoms with van der Waals surface area (Å²) in [5.74, 6) is -0.290. The first-order chi connectivity index (χ1) is 17.1. The molecule has 1 saturated heterocycles. The van der Waals surface area contributed by atoms with Crippen LogP contribution in [0.15, 0.2) is 36.7 Å². The third-order valence-electron chi connectivity index (χ3n) is 6.08. The standard InChI is InChI=1S/C26H34FN5O4/c1-26(2,3)36-25(35)31-11-5-7-19(14-31)29-23(33)21-15-32(20-8-4-6-18(27)12-20)16-22(21)30-24(34)28-13-17-9-10-17/h4,6,8,12,15-17,19H,5,7,9-11,13-14H2,1-3H3,(H,29,33)(H2,28,30,34)/t19-/m0/s1. The molecule has 1 aliphatic carbocycles. The lowest BCUT2D eigenvalue weighted by Crippen LogP contribution is -2.50. The fourth-order valence-electron chi connectivity index (χ4n) is 4.10. The van der Waals surface area contributed by atoms with Gasteiger partial charge in [0.1, 0.15) is 11.4 Å². The molecule has 3 N–H and O–H groups in total. The molecule has 0 spiro atoms. The van der Waals surface area contributed by atoms with Crippen molar-refractivity contribution < 1.29 is 23.5 Å². The number of carbonyl (C=O) groups is 3. The number of nitrogens with zero attached hydrogens (tertiary/aromatic N) is 2. The van der Waals surface area contributed by atoms with Crippen LogP contribution in [0, 0.1) is 11.7 Å². The van der Waals surface area contributed by atoms with Crippen LogP contribution in [0.1, 0.15) is 56.8 Å². The van der Waals surface area contributed by atoms with E-state index in [1.54, 1.807) is 34.0 Å². The van der Waals surface area contributed by atoms with E-state index in [1.165, 1.54) is 12.1 Å². The Morgan fingerprint density at radius 1 is 1.14 bits per heavy atom. The highest BCUT2D eigenvalue weighted by atomic mass is 19.1. The lowest BCUT2D eigenvalue weighted by atomic mass is 10.1. The summed E-state index contributed by atoms with van der Waals surface area (Å²) in [5.41, 5.74) is 0.470. The van der Waals surface area contributed by atoms with Gasteiger partial charge in [-0.05, 0) is 70.6 Å². The topological polar surface area (TPSA) is 105 Å². The van der Waals surface area contributed by atoms with Crippen molar-refractivity contribution in [1.29, 1.82) is 0 Å². The molecule has 1 aromatic carbocycles. The quantitative estimate of drug-likeness (QED) is 0.552. The summed E-state index contributed by atoms with van der Waals surface area (Å²) >= 11 is 0. The first kappa shape index (κ1) is 25.5. The van der Waals surface area contributed by atoms with Gasteiger partial charge in [0.2, 0.25) is 0 Å². The van der Waals surface area contributed by atoms with E-state index >= 15 is 0 Å². The summed E-state index contributed by atoms with van der Waals surface area (Å²) in [6, 6.07) is 5.30. The monoisotopic (exact) mass is 499 g/mol. The van der Waals surface area contributed by atoms with Crippen LogP contribution in [-0.2, 0) is 4.74 Å². The molecule has 36 heavy (non-hydrogen) atoms. The minimum absolute atomic E-state index is 0.246. The van der Waals surface area contributed by atoms with Gasteiger partial charge in [0.25, 0.3) is 5.91 Å². The zero-order chi connectivity index (χ0) is 25.9. The van der Waals surface area contributed by atoms with Crippen molar-refractivity contribution in [2.24, 2.45) is 5.92 Å². The Hall–Kier alpha value is -3.56. The van der Waals surface area contributed by atoms with Crippen molar-refractivity contribution >= 4 is 23.7 Å². The number of ether oxygens (including phenoxy) is 1. The maximum absolute atomic E-state index is 13.8. The minimum atomic E-state index is -0.603. The predicted molar refractivity (Wildman–Crippen MR) is 134 cm³/mol. The molecule has 194 valence electrons. The van der Waals surface area contributed by atoms with Gasteiger partial charge in [0.15, 0.2) is 0 Å². The summed E-state index contributed by atoms with van der Waals surface area (Å²) in [4.78, 5) is 39.9. The second-order valence-electron chi connectivity index (χ2n) is 10.5. The average Bonchev–Trinajstić information content (AvgIpc) is 3.55. The van der Waals surface area contributed by atoms with Crippen LogP contribution >= 0.6 is 0 Å². The number of anilines is 1. The van der Waals surface area contributed by atoms with Crippen LogP contribution in [0.4, 0.5) is 19.7 Å². The number of hydrogen-bond acceptors (Lipinski definition) is 4. The van der Waals surface area contributed by atoms with Crippen molar-refractivity contribution in [3.63, 3.8) is 0 Å². The van der Waals surface area contributed by atoms with Gasteiger partial charge in [-0.15, -0.1) is 0 Å². The Morgan fingerprint density at radius 2 is 1.92 bits per heavy atom. The van der Waals surface area contributed by atoms with Gasteiger partial charge in [0.05, 0.1) is 11.3 Å². The highest BCUT2D eigenvalue weighted by Gasteiger charge is 2.29. The van der Waals surface area contributed by atoms with Crippen LogP contribution in [0.25, 0.3) is 5.69 Å². The van der Waals surface area contributed by atoms with Gasteiger partial charge in [-0.1, -0.05) is 6.07 Å². The normalized spacial score (nSPS) is 17.9. The number of rotatable bonds is 6. The van der Waals surface area contributed by atoms with Crippen LogP contribution in [0.5, 0.6) is 0 Å². The van der Waals surface area contributed by atoms with Crippen molar-refractivity contribution in [2.75, 3.05) is 25.0 Å². The van der Waals surface area contributed by atoms with Gasteiger partial charge in [-0.25, -0.2) is 14.0 Å². The smallest absolute Gasteiger partial charge is 0.410 e. The zero-order valence-corrected chi connectivity index (χ0v) is 21.0. The number of nitrogens with one attached hydrogen (secondary N) is 3. The van der Waals surface area contributed by atoms with Crippen LogP contribution in [0.3, 0.4) is 0 Å². The highest BCUT2D eigenvalue weighted by Crippen LogP contribution is 2.28. The predicted octanol–water partition coefficient (Wildman–Crippen LogP) is 4.28. The number of aromatic nitrogens is 1. The highest BCUT2D eigenvalue weighted by molar-refractivity contribution is 6.03. The summed E-state index contributed by atoms with van der Waals surface area (Å²) in [6.45, 7) is 6.91. The number of piperidine rings is 1. The Morgan fingerprint density at radius 3 is 2.61 bits per heavy atom. The van der Waals surface area contributed by atoms with Crippen molar-refractivity contribution in [3.8, 4) is 5.69 Å². The molecule has 1 saturated carbocycles. The van der Waals surface area contributed by atoms with Gasteiger partial charge < -0.3 is 30.2 Å². The lowest BCUT2D eigenvalue weighted by molar-refractivity contribution is 0.0185. The fourth-order valence-corrected chi connectivity index (χ4v) is 4.10. The molecule has 9 nitrogen and oxygen atoms in total. The van der Waals surface area contributed by atoms with Crippen LogP contribution in [-0.4, -0.2) is 58.8 Å². The number of amides is 4. The Bertz CT molecular complexity index is 1120. The molecular weight excluding hydrogens is 465 g/mol. The van der Waals surface area contributed by atoms with E-state index in [2.05, 4.69) is 16.0 Å². The second kappa shape index (κ2) is 10.6. The molecule has 1 aliphatic heterocycles. The molecule has 10 heteroatoms. The Labute approximate surface area is 210 Å². The Balaban J connectivity index is 1.48. The van der Waals surface area contributed by atoms with Gasteiger partial charge in [-0.2, -0.15) is 0 Å². The summed E-state index contributed by atoms with van der Waals surface area (Å²) in [5, 5.41) is 8.57. The number of halogens is 1. The van der Waals surface area contributed by atoms with E-state index in [9.17, 15) is 18.8 Å². The van der Waals surface area contributed by atoms with Gasteiger partial charge in [0, 0.05) is 43.8 Å². The lowest BCUT2D eigenvalue weighted by Gasteiger charge is -2.34. The number of urea groups is 1. The van der Waals surface area contributed by atoms with Crippen molar-refractivity contribution in [2.45, 2.75) is 58.1 Å².